The molecule has 0 spiro atoms. The van der Waals surface area contributed by atoms with Crippen LogP contribution in [-0.2, 0) is 11.2 Å². The molecule has 0 atom stereocenters. The van der Waals surface area contributed by atoms with Crippen molar-refractivity contribution in [3.63, 3.8) is 0 Å². The summed E-state index contributed by atoms with van der Waals surface area (Å²) in [5.74, 6) is 1.40. The van der Waals surface area contributed by atoms with E-state index in [4.69, 9.17) is 21.1 Å². The Kier molecular flexibility index (Phi) is 4.70. The third-order valence-corrected chi connectivity index (χ3v) is 3.72. The van der Waals surface area contributed by atoms with Gasteiger partial charge in [0.25, 0.3) is 0 Å². The lowest BCUT2D eigenvalue weighted by atomic mass is 10.1. The molecular weight excluding hydrogens is 264 g/mol. The minimum atomic E-state index is 0.0772. The lowest BCUT2D eigenvalue weighted by molar-refractivity contribution is -0.116. The fourth-order valence-electron chi connectivity index (χ4n) is 2.42. The van der Waals surface area contributed by atoms with Crippen LogP contribution in [-0.4, -0.2) is 19.0 Å². The molecule has 0 unspecified atom stereocenters. The standard InChI is InChI=1S/C15H19ClO3/c1-10(17)7-11-8-14(18-2)15(9-13(11)16)19-12-5-3-4-6-12/h8-9,12H,3-7H2,1-2H3. The number of rotatable bonds is 5. The van der Waals surface area contributed by atoms with Gasteiger partial charge in [0.05, 0.1) is 13.2 Å². The molecule has 0 saturated heterocycles. The molecule has 2 rings (SSSR count). The first-order chi connectivity index (χ1) is 9.10. The van der Waals surface area contributed by atoms with E-state index >= 15 is 0 Å². The molecule has 0 bridgehead atoms. The van der Waals surface area contributed by atoms with E-state index in [0.717, 1.165) is 18.4 Å². The summed E-state index contributed by atoms with van der Waals surface area (Å²) in [6.07, 6.45) is 5.15. The van der Waals surface area contributed by atoms with Gasteiger partial charge in [-0.15, -0.1) is 0 Å². The Morgan fingerprint density at radius 1 is 1.32 bits per heavy atom. The van der Waals surface area contributed by atoms with E-state index in [-0.39, 0.29) is 11.9 Å². The van der Waals surface area contributed by atoms with Gasteiger partial charge in [0.2, 0.25) is 0 Å². The summed E-state index contributed by atoms with van der Waals surface area (Å²) in [6, 6.07) is 3.56. The normalized spacial score (nSPS) is 15.5. The average Bonchev–Trinajstić information content (AvgIpc) is 2.85. The fourth-order valence-corrected chi connectivity index (χ4v) is 2.64. The summed E-state index contributed by atoms with van der Waals surface area (Å²) in [5.41, 5.74) is 0.782. The van der Waals surface area contributed by atoms with Crippen LogP contribution in [0.2, 0.25) is 5.02 Å². The maximum absolute atomic E-state index is 11.2. The van der Waals surface area contributed by atoms with E-state index in [1.165, 1.54) is 12.8 Å². The summed E-state index contributed by atoms with van der Waals surface area (Å²) >= 11 is 6.20. The average molecular weight is 283 g/mol. The van der Waals surface area contributed by atoms with Gasteiger partial charge in [0.1, 0.15) is 5.78 Å². The molecule has 1 saturated carbocycles. The van der Waals surface area contributed by atoms with Crippen molar-refractivity contribution in [2.24, 2.45) is 0 Å². The maximum Gasteiger partial charge on any atom is 0.163 e. The zero-order valence-electron chi connectivity index (χ0n) is 11.4. The molecule has 0 aliphatic heterocycles. The number of hydrogen-bond donors (Lipinski definition) is 0. The quantitative estimate of drug-likeness (QED) is 0.824. The van der Waals surface area contributed by atoms with Crippen LogP contribution in [0.1, 0.15) is 38.2 Å². The number of benzene rings is 1. The van der Waals surface area contributed by atoms with Crippen LogP contribution in [0.5, 0.6) is 11.5 Å². The lowest BCUT2D eigenvalue weighted by Gasteiger charge is -2.17. The SMILES string of the molecule is COc1cc(CC(C)=O)c(Cl)cc1OC1CCCC1. The van der Waals surface area contributed by atoms with Gasteiger partial charge in [-0.25, -0.2) is 0 Å². The molecule has 0 amide bonds. The van der Waals surface area contributed by atoms with Crippen LogP contribution in [0, 0.1) is 0 Å². The molecule has 0 radical (unpaired) electrons. The predicted octanol–water partition coefficient (Wildman–Crippen LogP) is 3.80. The molecule has 3 nitrogen and oxygen atoms in total. The van der Waals surface area contributed by atoms with E-state index in [2.05, 4.69) is 0 Å². The van der Waals surface area contributed by atoms with Crippen LogP contribution >= 0.6 is 11.6 Å². The molecule has 104 valence electrons. The zero-order chi connectivity index (χ0) is 13.8. The van der Waals surface area contributed by atoms with Crippen molar-refractivity contribution in [1.29, 1.82) is 0 Å². The van der Waals surface area contributed by atoms with Crippen LogP contribution in [0.15, 0.2) is 12.1 Å². The zero-order valence-corrected chi connectivity index (χ0v) is 12.1. The van der Waals surface area contributed by atoms with Gasteiger partial charge in [-0.1, -0.05) is 11.6 Å². The van der Waals surface area contributed by atoms with Crippen molar-refractivity contribution in [2.45, 2.75) is 45.1 Å². The van der Waals surface area contributed by atoms with Crippen molar-refractivity contribution in [3.05, 3.63) is 22.7 Å². The number of ether oxygens (including phenoxy) is 2. The molecule has 1 aliphatic rings. The first-order valence-corrected chi connectivity index (χ1v) is 7.00. The largest absolute Gasteiger partial charge is 0.493 e. The number of carbonyl (C=O) groups excluding carboxylic acids is 1. The van der Waals surface area contributed by atoms with E-state index in [0.29, 0.717) is 22.9 Å². The van der Waals surface area contributed by atoms with Crippen molar-refractivity contribution in [2.75, 3.05) is 7.11 Å². The highest BCUT2D eigenvalue weighted by Gasteiger charge is 2.19. The van der Waals surface area contributed by atoms with Crippen LogP contribution in [0.3, 0.4) is 0 Å². The minimum absolute atomic E-state index is 0.0772. The molecule has 1 aromatic carbocycles. The monoisotopic (exact) mass is 282 g/mol. The second kappa shape index (κ2) is 6.29. The number of methoxy groups -OCH3 is 1. The van der Waals surface area contributed by atoms with E-state index in [9.17, 15) is 4.79 Å². The molecule has 1 aliphatic carbocycles. The number of hydrogen-bond acceptors (Lipinski definition) is 3. The summed E-state index contributed by atoms with van der Waals surface area (Å²) in [4.78, 5) is 11.2. The van der Waals surface area contributed by atoms with Crippen molar-refractivity contribution in [1.82, 2.24) is 0 Å². The van der Waals surface area contributed by atoms with Crippen LogP contribution in [0.4, 0.5) is 0 Å². The topological polar surface area (TPSA) is 35.5 Å². The maximum atomic E-state index is 11.2. The highest BCUT2D eigenvalue weighted by Crippen LogP contribution is 2.36. The Bertz CT molecular complexity index is 465. The molecule has 1 aromatic rings. The molecular formula is C15H19ClO3. The summed E-state index contributed by atoms with van der Waals surface area (Å²) in [7, 11) is 1.60. The van der Waals surface area contributed by atoms with Gasteiger partial charge in [-0.3, -0.25) is 4.79 Å². The summed E-state index contributed by atoms with van der Waals surface area (Å²) in [6.45, 7) is 1.55. The highest BCUT2D eigenvalue weighted by atomic mass is 35.5. The molecule has 0 heterocycles. The summed E-state index contributed by atoms with van der Waals surface area (Å²) in [5, 5.41) is 0.559. The van der Waals surface area contributed by atoms with Gasteiger partial charge in [0.15, 0.2) is 11.5 Å². The Balaban J connectivity index is 2.22. The number of halogens is 1. The van der Waals surface area contributed by atoms with E-state index < -0.39 is 0 Å². The molecule has 1 fully saturated rings. The van der Waals surface area contributed by atoms with Crippen molar-refractivity contribution >= 4 is 17.4 Å². The lowest BCUT2D eigenvalue weighted by Crippen LogP contribution is -2.12. The van der Waals surface area contributed by atoms with E-state index in [1.54, 1.807) is 26.2 Å². The van der Waals surface area contributed by atoms with Gasteiger partial charge < -0.3 is 9.47 Å². The Morgan fingerprint density at radius 3 is 2.58 bits per heavy atom. The van der Waals surface area contributed by atoms with Crippen LogP contribution in [0.25, 0.3) is 0 Å². The first-order valence-electron chi connectivity index (χ1n) is 6.62. The second-order valence-electron chi connectivity index (χ2n) is 5.00. The van der Waals surface area contributed by atoms with Crippen LogP contribution < -0.4 is 9.47 Å². The molecule has 4 heteroatoms. The van der Waals surface area contributed by atoms with Gasteiger partial charge in [-0.05, 0) is 44.2 Å². The summed E-state index contributed by atoms with van der Waals surface area (Å²) < 4.78 is 11.3. The third-order valence-electron chi connectivity index (χ3n) is 3.37. The fraction of sp³-hybridized carbons (Fsp3) is 0.533. The molecule has 19 heavy (non-hydrogen) atoms. The Morgan fingerprint density at radius 2 is 2.00 bits per heavy atom. The molecule has 0 N–H and O–H groups in total. The third kappa shape index (κ3) is 3.63. The van der Waals surface area contributed by atoms with Crippen molar-refractivity contribution < 1.29 is 14.3 Å². The predicted molar refractivity (Wildman–Crippen MR) is 75.3 cm³/mol. The van der Waals surface area contributed by atoms with E-state index in [1.807, 2.05) is 0 Å². The number of ketones is 1. The molecule has 0 aromatic heterocycles. The Hall–Kier alpha value is -1.22. The smallest absolute Gasteiger partial charge is 0.163 e. The van der Waals surface area contributed by atoms with Gasteiger partial charge in [-0.2, -0.15) is 0 Å². The minimum Gasteiger partial charge on any atom is -0.493 e. The first kappa shape index (κ1) is 14.2. The second-order valence-corrected chi connectivity index (χ2v) is 5.40. The van der Waals surface area contributed by atoms with Gasteiger partial charge in [0, 0.05) is 17.5 Å². The van der Waals surface area contributed by atoms with Crippen molar-refractivity contribution in [3.8, 4) is 11.5 Å². The highest BCUT2D eigenvalue weighted by molar-refractivity contribution is 6.31. The Labute approximate surface area is 118 Å². The number of Topliss-reactive ketones (excluding diaryl/α,β-unsaturated/α-hetero) is 1. The van der Waals surface area contributed by atoms with Gasteiger partial charge >= 0.3 is 0 Å². The number of carbonyl (C=O) groups is 1.